The maximum atomic E-state index is 12.4. The van der Waals surface area contributed by atoms with Crippen LogP contribution in [0.25, 0.3) is 0 Å². The molecule has 3 rings (SSSR count). The summed E-state index contributed by atoms with van der Waals surface area (Å²) in [6, 6.07) is 9.28. The van der Waals surface area contributed by atoms with Crippen molar-refractivity contribution in [2.75, 3.05) is 25.0 Å². The maximum Gasteiger partial charge on any atom is 0.270 e. The van der Waals surface area contributed by atoms with E-state index < -0.39 is 0 Å². The van der Waals surface area contributed by atoms with Crippen LogP contribution in [-0.2, 0) is 11.2 Å². The fourth-order valence-corrected chi connectivity index (χ4v) is 2.99. The number of ether oxygens (including phenoxy) is 1. The minimum Gasteiger partial charge on any atom is -0.376 e. The molecule has 1 fully saturated rings. The van der Waals surface area contributed by atoms with Crippen LogP contribution in [-0.4, -0.2) is 41.7 Å². The zero-order valence-electron chi connectivity index (χ0n) is 14.8. The molecule has 1 aromatic carbocycles. The van der Waals surface area contributed by atoms with Crippen molar-refractivity contribution in [3.63, 3.8) is 0 Å². The van der Waals surface area contributed by atoms with Gasteiger partial charge in [-0.05, 0) is 43.9 Å². The topological polar surface area (TPSA) is 76.1 Å². The number of halogens is 1. The van der Waals surface area contributed by atoms with Crippen LogP contribution in [0.15, 0.2) is 30.3 Å². The lowest BCUT2D eigenvalue weighted by Crippen LogP contribution is -2.27. The van der Waals surface area contributed by atoms with Crippen LogP contribution in [0.5, 0.6) is 0 Å². The molecule has 0 spiro atoms. The van der Waals surface area contributed by atoms with E-state index in [1.807, 2.05) is 24.3 Å². The van der Waals surface area contributed by atoms with E-state index in [1.54, 1.807) is 13.0 Å². The number of rotatable bonds is 7. The van der Waals surface area contributed by atoms with E-state index in [0.717, 1.165) is 31.4 Å². The first-order valence-corrected chi connectivity index (χ1v) is 9.22. The fraction of sp³-hybridized carbons (Fsp3) is 0.421. The van der Waals surface area contributed by atoms with Crippen LogP contribution < -0.4 is 10.6 Å². The van der Waals surface area contributed by atoms with Crippen molar-refractivity contribution in [3.8, 4) is 0 Å². The standard InChI is InChI=1S/C19H23ClN4O2/c1-13-23-17(11-18(24-13)22-12-16-3-2-10-26-16)19(25)21-9-8-14-4-6-15(20)7-5-14/h4-7,11,16H,2-3,8-10,12H2,1H3,(H,21,25)(H,22,23,24). The van der Waals surface area contributed by atoms with Gasteiger partial charge >= 0.3 is 0 Å². The van der Waals surface area contributed by atoms with Crippen molar-refractivity contribution in [1.82, 2.24) is 15.3 Å². The van der Waals surface area contributed by atoms with E-state index in [0.29, 0.717) is 35.4 Å². The smallest absolute Gasteiger partial charge is 0.270 e. The molecule has 2 heterocycles. The molecular formula is C19H23ClN4O2. The zero-order valence-corrected chi connectivity index (χ0v) is 15.6. The van der Waals surface area contributed by atoms with Crippen molar-refractivity contribution >= 4 is 23.3 Å². The van der Waals surface area contributed by atoms with Gasteiger partial charge in [0.15, 0.2) is 0 Å². The molecule has 0 aliphatic carbocycles. The number of nitrogens with one attached hydrogen (secondary N) is 2. The number of hydrogen-bond donors (Lipinski definition) is 2. The van der Waals surface area contributed by atoms with E-state index in [1.165, 1.54) is 0 Å². The van der Waals surface area contributed by atoms with Crippen molar-refractivity contribution < 1.29 is 9.53 Å². The molecule has 1 aliphatic heterocycles. The second kappa shape index (κ2) is 8.96. The molecule has 1 aliphatic rings. The fourth-order valence-electron chi connectivity index (χ4n) is 2.86. The highest BCUT2D eigenvalue weighted by molar-refractivity contribution is 6.30. The van der Waals surface area contributed by atoms with E-state index in [-0.39, 0.29) is 12.0 Å². The summed E-state index contributed by atoms with van der Waals surface area (Å²) in [5, 5.41) is 6.85. The van der Waals surface area contributed by atoms with Gasteiger partial charge < -0.3 is 15.4 Å². The third-order valence-electron chi connectivity index (χ3n) is 4.22. The third kappa shape index (κ3) is 5.41. The summed E-state index contributed by atoms with van der Waals surface area (Å²) in [5.41, 5.74) is 1.48. The number of amides is 1. The molecule has 0 radical (unpaired) electrons. The van der Waals surface area contributed by atoms with Gasteiger partial charge in [0.05, 0.1) is 6.10 Å². The lowest BCUT2D eigenvalue weighted by Gasteiger charge is -2.12. The minimum atomic E-state index is -0.204. The summed E-state index contributed by atoms with van der Waals surface area (Å²) in [7, 11) is 0. The number of hydrogen-bond acceptors (Lipinski definition) is 5. The summed E-state index contributed by atoms with van der Waals surface area (Å²) in [4.78, 5) is 21.0. The predicted molar refractivity (Wildman–Crippen MR) is 102 cm³/mol. The Morgan fingerprint density at radius 1 is 1.31 bits per heavy atom. The van der Waals surface area contributed by atoms with Crippen LogP contribution in [0, 0.1) is 6.92 Å². The van der Waals surface area contributed by atoms with Gasteiger partial charge in [-0.15, -0.1) is 0 Å². The van der Waals surface area contributed by atoms with Crippen molar-refractivity contribution in [3.05, 3.63) is 52.4 Å². The molecule has 6 nitrogen and oxygen atoms in total. The maximum absolute atomic E-state index is 12.4. The first-order valence-electron chi connectivity index (χ1n) is 8.84. The second-order valence-corrected chi connectivity index (χ2v) is 6.77. The molecule has 2 N–H and O–H groups in total. The van der Waals surface area contributed by atoms with Gasteiger partial charge in [0.25, 0.3) is 5.91 Å². The molecule has 138 valence electrons. The van der Waals surface area contributed by atoms with Crippen molar-refractivity contribution in [1.29, 1.82) is 0 Å². The van der Waals surface area contributed by atoms with Gasteiger partial charge in [-0.3, -0.25) is 4.79 Å². The van der Waals surface area contributed by atoms with Crippen molar-refractivity contribution in [2.45, 2.75) is 32.3 Å². The Balaban J connectivity index is 1.53. The normalized spacial score (nSPS) is 16.5. The summed E-state index contributed by atoms with van der Waals surface area (Å²) < 4.78 is 5.59. The number of aromatic nitrogens is 2. The van der Waals surface area contributed by atoms with Gasteiger partial charge in [0, 0.05) is 30.8 Å². The van der Waals surface area contributed by atoms with Gasteiger partial charge in [-0.1, -0.05) is 23.7 Å². The van der Waals surface area contributed by atoms with Crippen LogP contribution in [0.2, 0.25) is 5.02 Å². The molecule has 1 amide bonds. The number of anilines is 1. The molecule has 1 aromatic heterocycles. The van der Waals surface area contributed by atoms with E-state index in [2.05, 4.69) is 20.6 Å². The van der Waals surface area contributed by atoms with Crippen LogP contribution in [0.4, 0.5) is 5.82 Å². The average Bonchev–Trinajstić information content (AvgIpc) is 3.15. The number of carbonyl (C=O) groups is 1. The largest absolute Gasteiger partial charge is 0.376 e. The molecule has 1 saturated heterocycles. The zero-order chi connectivity index (χ0) is 18.4. The Labute approximate surface area is 158 Å². The first-order chi connectivity index (χ1) is 12.6. The van der Waals surface area contributed by atoms with Crippen LogP contribution in [0.3, 0.4) is 0 Å². The Morgan fingerprint density at radius 2 is 2.12 bits per heavy atom. The van der Waals surface area contributed by atoms with E-state index >= 15 is 0 Å². The lowest BCUT2D eigenvalue weighted by molar-refractivity contribution is 0.0949. The Kier molecular flexibility index (Phi) is 6.41. The summed E-state index contributed by atoms with van der Waals surface area (Å²) in [6.07, 6.45) is 3.09. The average molecular weight is 375 g/mol. The quantitative estimate of drug-likeness (QED) is 0.779. The summed E-state index contributed by atoms with van der Waals surface area (Å²) in [6.45, 7) is 3.81. The van der Waals surface area contributed by atoms with Crippen molar-refractivity contribution in [2.24, 2.45) is 0 Å². The molecule has 1 unspecified atom stereocenters. The van der Waals surface area contributed by atoms with E-state index in [9.17, 15) is 4.79 Å². The highest BCUT2D eigenvalue weighted by atomic mass is 35.5. The molecule has 2 aromatic rings. The minimum absolute atomic E-state index is 0.204. The van der Waals surface area contributed by atoms with E-state index in [4.69, 9.17) is 16.3 Å². The van der Waals surface area contributed by atoms with Crippen LogP contribution >= 0.6 is 11.6 Å². The SMILES string of the molecule is Cc1nc(NCC2CCCO2)cc(C(=O)NCCc2ccc(Cl)cc2)n1. The number of aryl methyl sites for hydroxylation is 1. The van der Waals surface area contributed by atoms with Gasteiger partial charge in [-0.2, -0.15) is 0 Å². The molecule has 1 atom stereocenters. The first kappa shape index (κ1) is 18.6. The molecule has 7 heteroatoms. The summed E-state index contributed by atoms with van der Waals surface area (Å²) in [5.74, 6) is 1.01. The summed E-state index contributed by atoms with van der Waals surface area (Å²) >= 11 is 5.88. The highest BCUT2D eigenvalue weighted by Crippen LogP contribution is 2.14. The number of nitrogens with zero attached hydrogens (tertiary/aromatic N) is 2. The Hall–Kier alpha value is -2.18. The molecule has 0 bridgehead atoms. The number of carbonyl (C=O) groups excluding carboxylic acids is 1. The molecular weight excluding hydrogens is 352 g/mol. The van der Waals surface area contributed by atoms with Gasteiger partial charge in [0.2, 0.25) is 0 Å². The highest BCUT2D eigenvalue weighted by Gasteiger charge is 2.16. The lowest BCUT2D eigenvalue weighted by atomic mass is 10.1. The Morgan fingerprint density at radius 3 is 2.85 bits per heavy atom. The van der Waals surface area contributed by atoms with Crippen LogP contribution in [0.1, 0.15) is 34.7 Å². The predicted octanol–water partition coefficient (Wildman–Crippen LogP) is 3.00. The van der Waals surface area contributed by atoms with Gasteiger partial charge in [-0.25, -0.2) is 9.97 Å². The monoisotopic (exact) mass is 374 g/mol. The Bertz CT molecular complexity index is 746. The molecule has 26 heavy (non-hydrogen) atoms. The number of benzene rings is 1. The third-order valence-corrected chi connectivity index (χ3v) is 4.47. The van der Waals surface area contributed by atoms with Gasteiger partial charge in [0.1, 0.15) is 17.3 Å². The second-order valence-electron chi connectivity index (χ2n) is 6.33. The molecule has 0 saturated carbocycles.